The van der Waals surface area contributed by atoms with E-state index in [9.17, 15) is 0 Å². The van der Waals surface area contributed by atoms with Crippen LogP contribution in [0.15, 0.2) is 30.3 Å². The summed E-state index contributed by atoms with van der Waals surface area (Å²) < 4.78 is 5.43. The molecule has 2 aromatic rings. The predicted molar refractivity (Wildman–Crippen MR) is 85.7 cm³/mol. The highest BCUT2D eigenvalue weighted by atomic mass is 16.5. The summed E-state index contributed by atoms with van der Waals surface area (Å²) in [6.07, 6.45) is 1.23. The van der Waals surface area contributed by atoms with Crippen LogP contribution in [0.5, 0.6) is 5.75 Å². The first-order valence-corrected chi connectivity index (χ1v) is 7.69. The first-order valence-electron chi connectivity index (χ1n) is 7.69. The Labute approximate surface area is 126 Å². The maximum absolute atomic E-state index is 5.43. The van der Waals surface area contributed by atoms with Crippen LogP contribution in [0.2, 0.25) is 0 Å². The Morgan fingerprint density at radius 3 is 2.95 bits per heavy atom. The Hall–Kier alpha value is -1.65. The van der Waals surface area contributed by atoms with Crippen molar-refractivity contribution in [2.75, 3.05) is 26.7 Å². The molecular formula is C17H23N3O. The van der Waals surface area contributed by atoms with Gasteiger partial charge in [-0.2, -0.15) is 0 Å². The van der Waals surface area contributed by atoms with E-state index in [4.69, 9.17) is 9.72 Å². The molecule has 1 aliphatic heterocycles. The van der Waals surface area contributed by atoms with Crippen molar-refractivity contribution in [1.82, 2.24) is 15.2 Å². The number of benzene rings is 1. The molecule has 1 saturated heterocycles. The molecule has 0 spiro atoms. The Morgan fingerprint density at radius 1 is 1.33 bits per heavy atom. The van der Waals surface area contributed by atoms with Gasteiger partial charge in [0.1, 0.15) is 11.3 Å². The second-order valence-corrected chi connectivity index (χ2v) is 5.54. The van der Waals surface area contributed by atoms with Crippen LogP contribution in [0, 0.1) is 0 Å². The third kappa shape index (κ3) is 3.01. The van der Waals surface area contributed by atoms with Gasteiger partial charge in [-0.05, 0) is 31.6 Å². The third-order valence-corrected chi connectivity index (χ3v) is 4.28. The van der Waals surface area contributed by atoms with Crippen molar-refractivity contribution in [3.63, 3.8) is 0 Å². The van der Waals surface area contributed by atoms with Crippen LogP contribution in [-0.2, 0) is 6.54 Å². The lowest BCUT2D eigenvalue weighted by Crippen LogP contribution is -2.36. The summed E-state index contributed by atoms with van der Waals surface area (Å²) in [5, 5.41) is 4.57. The molecule has 0 bridgehead atoms. The zero-order valence-corrected chi connectivity index (χ0v) is 12.8. The fraction of sp³-hybridized carbons (Fsp3) is 0.471. The van der Waals surface area contributed by atoms with Crippen LogP contribution < -0.4 is 10.1 Å². The van der Waals surface area contributed by atoms with Gasteiger partial charge in [-0.25, -0.2) is 4.98 Å². The van der Waals surface area contributed by atoms with Gasteiger partial charge in [0, 0.05) is 24.5 Å². The van der Waals surface area contributed by atoms with Gasteiger partial charge in [0.25, 0.3) is 0 Å². The zero-order valence-electron chi connectivity index (χ0n) is 12.8. The van der Waals surface area contributed by atoms with Crippen molar-refractivity contribution in [2.45, 2.75) is 25.9 Å². The van der Waals surface area contributed by atoms with Crippen LogP contribution in [0.4, 0.5) is 0 Å². The van der Waals surface area contributed by atoms with E-state index in [1.807, 2.05) is 12.1 Å². The molecule has 1 aliphatic rings. The number of hydrogen-bond acceptors (Lipinski definition) is 4. The second-order valence-electron chi connectivity index (χ2n) is 5.54. The van der Waals surface area contributed by atoms with Gasteiger partial charge >= 0.3 is 0 Å². The van der Waals surface area contributed by atoms with Gasteiger partial charge in [0.15, 0.2) is 0 Å². The number of nitrogens with one attached hydrogen (secondary N) is 1. The molecule has 112 valence electrons. The van der Waals surface area contributed by atoms with Gasteiger partial charge in [0.2, 0.25) is 0 Å². The van der Waals surface area contributed by atoms with E-state index in [0.29, 0.717) is 6.04 Å². The summed E-state index contributed by atoms with van der Waals surface area (Å²) >= 11 is 0. The van der Waals surface area contributed by atoms with Gasteiger partial charge < -0.3 is 10.1 Å². The maximum atomic E-state index is 5.43. The highest BCUT2D eigenvalue weighted by Gasteiger charge is 2.21. The molecule has 1 aromatic heterocycles. The number of methoxy groups -OCH3 is 1. The molecule has 1 unspecified atom stereocenters. The Bertz CT molecular complexity index is 608. The number of para-hydroxylation sites is 1. The van der Waals surface area contributed by atoms with Crippen molar-refractivity contribution in [3.05, 3.63) is 36.0 Å². The summed E-state index contributed by atoms with van der Waals surface area (Å²) in [5.41, 5.74) is 2.07. The fourth-order valence-corrected chi connectivity index (χ4v) is 3.07. The van der Waals surface area contributed by atoms with Crippen LogP contribution in [0.25, 0.3) is 10.9 Å². The SMILES string of the molecule is CCN(Cc1ccc2cccc(OC)c2n1)C1CCNC1. The lowest BCUT2D eigenvalue weighted by atomic mass is 10.1. The van der Waals surface area contributed by atoms with E-state index < -0.39 is 0 Å². The molecule has 2 heterocycles. The van der Waals surface area contributed by atoms with Crippen LogP contribution >= 0.6 is 0 Å². The van der Waals surface area contributed by atoms with Crippen molar-refractivity contribution in [3.8, 4) is 5.75 Å². The molecule has 0 aliphatic carbocycles. The minimum absolute atomic E-state index is 0.630. The van der Waals surface area contributed by atoms with Crippen LogP contribution in [0.3, 0.4) is 0 Å². The average molecular weight is 285 g/mol. The summed E-state index contributed by atoms with van der Waals surface area (Å²) in [6.45, 7) is 6.39. The molecule has 1 atom stereocenters. The topological polar surface area (TPSA) is 37.4 Å². The van der Waals surface area contributed by atoms with E-state index >= 15 is 0 Å². The van der Waals surface area contributed by atoms with Crippen molar-refractivity contribution in [1.29, 1.82) is 0 Å². The lowest BCUT2D eigenvalue weighted by Gasteiger charge is -2.26. The Kier molecular flexibility index (Phi) is 4.36. The fourth-order valence-electron chi connectivity index (χ4n) is 3.07. The van der Waals surface area contributed by atoms with E-state index in [1.165, 1.54) is 6.42 Å². The van der Waals surface area contributed by atoms with Gasteiger partial charge in [-0.1, -0.05) is 25.1 Å². The average Bonchev–Trinajstić information content (AvgIpc) is 3.06. The Balaban J connectivity index is 1.86. The number of pyridine rings is 1. The minimum atomic E-state index is 0.630. The summed E-state index contributed by atoms with van der Waals surface area (Å²) in [5.74, 6) is 0.847. The third-order valence-electron chi connectivity index (χ3n) is 4.28. The van der Waals surface area contributed by atoms with Gasteiger partial charge in [0.05, 0.1) is 12.8 Å². The number of rotatable bonds is 5. The number of fused-ring (bicyclic) bond motifs is 1. The molecule has 3 rings (SSSR count). The lowest BCUT2D eigenvalue weighted by molar-refractivity contribution is 0.208. The number of hydrogen-bond donors (Lipinski definition) is 1. The van der Waals surface area contributed by atoms with Crippen LogP contribution in [0.1, 0.15) is 19.0 Å². The maximum Gasteiger partial charge on any atom is 0.145 e. The summed E-state index contributed by atoms with van der Waals surface area (Å²) in [7, 11) is 1.70. The van der Waals surface area contributed by atoms with E-state index in [-0.39, 0.29) is 0 Å². The highest BCUT2D eigenvalue weighted by molar-refractivity contribution is 5.84. The number of aromatic nitrogens is 1. The van der Waals surface area contributed by atoms with Crippen LogP contribution in [-0.4, -0.2) is 42.7 Å². The zero-order chi connectivity index (χ0) is 14.7. The minimum Gasteiger partial charge on any atom is -0.494 e. The van der Waals surface area contributed by atoms with Crippen molar-refractivity contribution < 1.29 is 4.74 Å². The second kappa shape index (κ2) is 6.41. The Morgan fingerprint density at radius 2 is 2.24 bits per heavy atom. The molecule has 0 amide bonds. The highest BCUT2D eigenvalue weighted by Crippen LogP contribution is 2.24. The monoisotopic (exact) mass is 285 g/mol. The normalized spacial score (nSPS) is 18.5. The quantitative estimate of drug-likeness (QED) is 0.915. The van der Waals surface area contributed by atoms with Crippen molar-refractivity contribution in [2.24, 2.45) is 0 Å². The molecule has 0 saturated carbocycles. The molecule has 1 aromatic carbocycles. The standard InChI is InChI=1S/C17H23N3O/c1-3-20(15-9-10-18-11-15)12-14-8-7-13-5-4-6-16(21-2)17(13)19-14/h4-8,15,18H,3,9-12H2,1-2H3. The van der Waals surface area contributed by atoms with E-state index in [0.717, 1.165) is 48.5 Å². The van der Waals surface area contributed by atoms with Crippen molar-refractivity contribution >= 4 is 10.9 Å². The summed E-state index contributed by atoms with van der Waals surface area (Å²) in [4.78, 5) is 7.32. The van der Waals surface area contributed by atoms with E-state index in [2.05, 4.69) is 35.3 Å². The smallest absolute Gasteiger partial charge is 0.145 e. The van der Waals surface area contributed by atoms with E-state index in [1.54, 1.807) is 7.11 Å². The molecule has 21 heavy (non-hydrogen) atoms. The number of likely N-dealkylation sites (N-methyl/N-ethyl adjacent to an activating group) is 1. The van der Waals surface area contributed by atoms with Gasteiger partial charge in [-0.3, -0.25) is 4.90 Å². The first kappa shape index (κ1) is 14.3. The summed E-state index contributed by atoms with van der Waals surface area (Å²) in [6, 6.07) is 11.0. The molecule has 1 N–H and O–H groups in total. The molecule has 4 heteroatoms. The number of ether oxygens (including phenoxy) is 1. The predicted octanol–water partition coefficient (Wildman–Crippen LogP) is 2.43. The number of nitrogens with zero attached hydrogens (tertiary/aromatic N) is 2. The molecule has 1 fully saturated rings. The molecule has 0 radical (unpaired) electrons. The van der Waals surface area contributed by atoms with Gasteiger partial charge in [-0.15, -0.1) is 0 Å². The first-order chi connectivity index (χ1) is 10.3. The molecule has 4 nitrogen and oxygen atoms in total. The largest absolute Gasteiger partial charge is 0.494 e. The molecular weight excluding hydrogens is 262 g/mol.